The van der Waals surface area contributed by atoms with Gasteiger partial charge in [-0.3, -0.25) is 9.59 Å². The molecular weight excluding hydrogens is 398 g/mol. The number of carbonyl (C=O) groups is 2. The van der Waals surface area contributed by atoms with Crippen molar-refractivity contribution in [2.24, 2.45) is 0 Å². The Morgan fingerprint density at radius 2 is 1.31 bits per heavy atom. The number of nitrogens with one attached hydrogen (secondary N) is 2. The van der Waals surface area contributed by atoms with E-state index in [1.54, 1.807) is 29.2 Å². The van der Waals surface area contributed by atoms with Crippen LogP contribution >= 0.6 is 0 Å². The average molecular weight is 431 g/mol. The first-order valence-corrected chi connectivity index (χ1v) is 11.1. The Hall–Kier alpha value is -3.44. The number of rotatable bonds is 9. The fourth-order valence-corrected chi connectivity index (χ4v) is 4.00. The Bertz CT molecular complexity index is 961. The van der Waals surface area contributed by atoms with Gasteiger partial charge >= 0.3 is 0 Å². The van der Waals surface area contributed by atoms with E-state index in [9.17, 15) is 9.59 Å². The van der Waals surface area contributed by atoms with Gasteiger partial charge in [0.25, 0.3) is 11.8 Å². The van der Waals surface area contributed by atoms with E-state index < -0.39 is 0 Å². The molecule has 0 saturated carbocycles. The molecule has 2 N–H and O–H groups in total. The van der Waals surface area contributed by atoms with E-state index in [1.165, 1.54) is 11.1 Å². The molecule has 3 aromatic rings. The number of quaternary nitrogens is 1. The lowest BCUT2D eigenvalue weighted by atomic mass is 9.97. The summed E-state index contributed by atoms with van der Waals surface area (Å²) in [6, 6.07) is 27.7. The molecule has 166 valence electrons. The van der Waals surface area contributed by atoms with Gasteiger partial charge in [-0.2, -0.15) is 0 Å². The van der Waals surface area contributed by atoms with Crippen molar-refractivity contribution in [3.05, 3.63) is 102 Å². The molecule has 0 heterocycles. The number of benzene rings is 3. The van der Waals surface area contributed by atoms with Crippen LogP contribution in [0, 0.1) is 0 Å². The Kier molecular flexibility index (Phi) is 8.17. The highest BCUT2D eigenvalue weighted by Crippen LogP contribution is 2.18. The molecule has 5 heteroatoms. The zero-order chi connectivity index (χ0) is 22.9. The van der Waals surface area contributed by atoms with Gasteiger partial charge in [-0.25, -0.2) is 0 Å². The van der Waals surface area contributed by atoms with Crippen LogP contribution in [-0.4, -0.2) is 43.4 Å². The van der Waals surface area contributed by atoms with Crippen molar-refractivity contribution in [2.45, 2.75) is 19.9 Å². The summed E-state index contributed by atoms with van der Waals surface area (Å²) in [5.74, 6) is -0.0622. The summed E-state index contributed by atoms with van der Waals surface area (Å²) in [7, 11) is 2.04. The van der Waals surface area contributed by atoms with Crippen LogP contribution < -0.4 is 10.2 Å². The largest absolute Gasteiger partial charge is 0.339 e. The van der Waals surface area contributed by atoms with E-state index in [0.717, 1.165) is 4.90 Å². The van der Waals surface area contributed by atoms with Crippen LogP contribution in [-0.2, 0) is 4.79 Å². The molecule has 0 spiro atoms. The van der Waals surface area contributed by atoms with Crippen molar-refractivity contribution in [3.63, 3.8) is 0 Å². The number of carbonyl (C=O) groups excluding carboxylic acids is 2. The lowest BCUT2D eigenvalue weighted by molar-refractivity contribution is -0.897. The number of hydrogen-bond donors (Lipinski definition) is 2. The molecule has 2 amide bonds. The second-order valence-corrected chi connectivity index (χ2v) is 7.88. The van der Waals surface area contributed by atoms with Crippen molar-refractivity contribution in [1.29, 1.82) is 0 Å². The van der Waals surface area contributed by atoms with Gasteiger partial charge in [0.05, 0.1) is 7.05 Å². The number of anilines is 1. The Morgan fingerprint density at radius 3 is 1.78 bits per heavy atom. The highest BCUT2D eigenvalue weighted by Gasteiger charge is 2.25. The summed E-state index contributed by atoms with van der Waals surface area (Å²) < 4.78 is 0. The van der Waals surface area contributed by atoms with Crippen LogP contribution in [0.25, 0.3) is 0 Å². The fourth-order valence-electron chi connectivity index (χ4n) is 4.00. The lowest BCUT2D eigenvalue weighted by Crippen LogP contribution is -3.10. The maximum Gasteiger partial charge on any atom is 0.279 e. The average Bonchev–Trinajstić information content (AvgIpc) is 2.82. The summed E-state index contributed by atoms with van der Waals surface area (Å²) in [4.78, 5) is 28.1. The molecule has 0 fully saturated rings. The van der Waals surface area contributed by atoms with E-state index in [-0.39, 0.29) is 17.9 Å². The zero-order valence-electron chi connectivity index (χ0n) is 19.0. The SMILES string of the molecule is CCN(CC)C(=O)c1ccc(NC(=O)C[NH+](C)C(c2ccccc2)c2ccccc2)cc1. The molecule has 32 heavy (non-hydrogen) atoms. The van der Waals surface area contributed by atoms with Crippen molar-refractivity contribution in [2.75, 3.05) is 32.0 Å². The third-order valence-electron chi connectivity index (χ3n) is 5.66. The molecule has 1 unspecified atom stereocenters. The fraction of sp³-hybridized carbons (Fsp3) is 0.259. The molecule has 0 aliphatic heterocycles. The molecule has 0 aromatic heterocycles. The van der Waals surface area contributed by atoms with E-state index in [4.69, 9.17) is 0 Å². The van der Waals surface area contributed by atoms with Crippen LogP contribution in [0.2, 0.25) is 0 Å². The van der Waals surface area contributed by atoms with Gasteiger partial charge < -0.3 is 15.1 Å². The van der Waals surface area contributed by atoms with Gasteiger partial charge in [-0.1, -0.05) is 60.7 Å². The molecule has 1 atom stereocenters. The summed E-state index contributed by atoms with van der Waals surface area (Å²) in [6.45, 7) is 5.59. The smallest absolute Gasteiger partial charge is 0.279 e. The number of likely N-dealkylation sites (N-methyl/N-ethyl adjacent to an activating group) is 1. The highest BCUT2D eigenvalue weighted by molar-refractivity contribution is 5.96. The van der Waals surface area contributed by atoms with Gasteiger partial charge in [-0.05, 0) is 38.1 Å². The maximum atomic E-state index is 12.8. The van der Waals surface area contributed by atoms with Crippen LogP contribution in [0.3, 0.4) is 0 Å². The lowest BCUT2D eigenvalue weighted by Gasteiger charge is -2.25. The third kappa shape index (κ3) is 5.83. The van der Waals surface area contributed by atoms with E-state index >= 15 is 0 Å². The zero-order valence-corrected chi connectivity index (χ0v) is 19.0. The normalized spacial score (nSPS) is 11.8. The maximum absolute atomic E-state index is 12.8. The highest BCUT2D eigenvalue weighted by atomic mass is 16.2. The van der Waals surface area contributed by atoms with E-state index in [0.29, 0.717) is 30.9 Å². The van der Waals surface area contributed by atoms with Crippen molar-refractivity contribution < 1.29 is 14.5 Å². The monoisotopic (exact) mass is 430 g/mol. The van der Waals surface area contributed by atoms with Crippen LogP contribution in [0.15, 0.2) is 84.9 Å². The number of nitrogens with zero attached hydrogens (tertiary/aromatic N) is 1. The summed E-state index contributed by atoms with van der Waals surface area (Å²) in [6.07, 6.45) is 0. The predicted molar refractivity (Wildman–Crippen MR) is 129 cm³/mol. The van der Waals surface area contributed by atoms with Crippen LogP contribution in [0.4, 0.5) is 5.69 Å². The standard InChI is InChI=1S/C27H31N3O2/c1-4-30(5-2)27(32)23-16-18-24(19-17-23)28-25(31)20-29(3)26(21-12-8-6-9-13-21)22-14-10-7-11-15-22/h6-19,26H,4-5,20H2,1-3H3,(H,28,31)/p+1. The van der Waals surface area contributed by atoms with E-state index in [1.807, 2.05) is 57.3 Å². The molecule has 0 saturated heterocycles. The van der Waals surface area contributed by atoms with E-state index in [2.05, 4.69) is 29.6 Å². The van der Waals surface area contributed by atoms with Crippen molar-refractivity contribution in [3.8, 4) is 0 Å². The summed E-state index contributed by atoms with van der Waals surface area (Å²) in [5.41, 5.74) is 3.66. The van der Waals surface area contributed by atoms with Gasteiger partial charge in [0.2, 0.25) is 0 Å². The molecule has 0 bridgehead atoms. The second-order valence-electron chi connectivity index (χ2n) is 7.88. The number of amides is 2. The minimum atomic E-state index is -0.0674. The van der Waals surface area contributed by atoms with Crippen molar-refractivity contribution >= 4 is 17.5 Å². The second kappa shape index (κ2) is 11.3. The third-order valence-corrected chi connectivity index (χ3v) is 5.66. The first kappa shape index (κ1) is 23.2. The van der Waals surface area contributed by atoms with Crippen molar-refractivity contribution in [1.82, 2.24) is 4.90 Å². The van der Waals surface area contributed by atoms with Gasteiger partial charge in [-0.15, -0.1) is 0 Å². The molecule has 3 rings (SSSR count). The van der Waals surface area contributed by atoms with Gasteiger partial charge in [0, 0.05) is 35.5 Å². The molecule has 0 aliphatic carbocycles. The Labute approximate surface area is 190 Å². The molecule has 0 radical (unpaired) electrons. The summed E-state index contributed by atoms with van der Waals surface area (Å²) >= 11 is 0. The summed E-state index contributed by atoms with van der Waals surface area (Å²) in [5, 5.41) is 2.97. The first-order chi connectivity index (χ1) is 15.5. The molecule has 5 nitrogen and oxygen atoms in total. The Balaban J connectivity index is 1.68. The topological polar surface area (TPSA) is 53.9 Å². The molecule has 3 aromatic carbocycles. The molecular formula is C27H32N3O2+. The van der Waals surface area contributed by atoms with Crippen LogP contribution in [0.1, 0.15) is 41.4 Å². The quantitative estimate of drug-likeness (QED) is 0.547. The minimum Gasteiger partial charge on any atom is -0.339 e. The minimum absolute atomic E-state index is 0.00520. The molecule has 0 aliphatic rings. The Morgan fingerprint density at radius 1 is 0.812 bits per heavy atom. The number of hydrogen-bond acceptors (Lipinski definition) is 2. The predicted octanol–water partition coefficient (Wildman–Crippen LogP) is 3.41. The first-order valence-electron chi connectivity index (χ1n) is 11.1. The van der Waals surface area contributed by atoms with Gasteiger partial charge in [0.1, 0.15) is 6.04 Å². The van der Waals surface area contributed by atoms with Crippen LogP contribution in [0.5, 0.6) is 0 Å². The van der Waals surface area contributed by atoms with Gasteiger partial charge in [0.15, 0.2) is 6.54 Å².